The van der Waals surface area contributed by atoms with E-state index in [1.807, 2.05) is 31.3 Å². The molecular weight excluding hydrogens is 417 g/mol. The number of aromatic nitrogens is 2. The zero-order valence-corrected chi connectivity index (χ0v) is 15.9. The number of anilines is 1. The van der Waals surface area contributed by atoms with Gasteiger partial charge in [0.25, 0.3) is 0 Å². The Morgan fingerprint density at radius 2 is 2.00 bits per heavy atom. The fourth-order valence-electron chi connectivity index (χ4n) is 1.83. The molecule has 2 rings (SSSR count). The summed E-state index contributed by atoms with van der Waals surface area (Å²) in [7, 11) is 1.89. The van der Waals surface area contributed by atoms with Gasteiger partial charge in [0.05, 0.1) is 20.0 Å². The van der Waals surface area contributed by atoms with Crippen molar-refractivity contribution in [3.8, 4) is 0 Å². The van der Waals surface area contributed by atoms with Gasteiger partial charge in [-0.05, 0) is 40.6 Å². The maximum Gasteiger partial charge on any atom is 0.143 e. The summed E-state index contributed by atoms with van der Waals surface area (Å²) in [5.74, 6) is 2.79. The van der Waals surface area contributed by atoms with Gasteiger partial charge in [0.15, 0.2) is 0 Å². The third-order valence-corrected chi connectivity index (χ3v) is 5.47. The van der Waals surface area contributed by atoms with Gasteiger partial charge in [-0.2, -0.15) is 0 Å². The van der Waals surface area contributed by atoms with Crippen LogP contribution in [0, 0.1) is 3.57 Å². The van der Waals surface area contributed by atoms with E-state index in [2.05, 4.69) is 46.7 Å². The molecule has 0 aliphatic rings. The van der Waals surface area contributed by atoms with Gasteiger partial charge < -0.3 is 5.32 Å². The summed E-state index contributed by atoms with van der Waals surface area (Å²) in [4.78, 5) is 10.3. The number of thioether (sulfide) groups is 1. The molecule has 1 N–H and O–H groups in total. The Morgan fingerprint density at radius 1 is 1.29 bits per heavy atom. The highest BCUT2D eigenvalue weighted by atomic mass is 127. The molecule has 0 atom stereocenters. The predicted molar refractivity (Wildman–Crippen MR) is 99.4 cm³/mol. The number of rotatable bonds is 5. The number of halogens is 2. The number of nitrogens with one attached hydrogen (secondary N) is 1. The average molecular weight is 434 g/mol. The Balaban J connectivity index is 2.24. The topological polar surface area (TPSA) is 37.8 Å². The lowest BCUT2D eigenvalue weighted by atomic mass is 10.1. The van der Waals surface area contributed by atoms with Crippen LogP contribution >= 0.6 is 46.0 Å². The summed E-state index contributed by atoms with van der Waals surface area (Å²) >= 11 is 10.1. The Bertz CT molecular complexity index is 634. The van der Waals surface area contributed by atoms with Crippen LogP contribution in [0.5, 0.6) is 0 Å². The molecule has 112 valence electrons. The molecule has 0 saturated carbocycles. The molecule has 21 heavy (non-hydrogen) atoms. The lowest BCUT2D eigenvalue weighted by Gasteiger charge is -2.13. The van der Waals surface area contributed by atoms with Crippen molar-refractivity contribution in [3.63, 3.8) is 0 Å². The molecule has 0 fully saturated rings. The van der Waals surface area contributed by atoms with E-state index in [-0.39, 0.29) is 0 Å². The van der Waals surface area contributed by atoms with Crippen molar-refractivity contribution >= 4 is 51.8 Å². The van der Waals surface area contributed by atoms with Crippen molar-refractivity contribution in [3.05, 3.63) is 44.4 Å². The Labute approximate surface area is 148 Å². The molecule has 0 bridgehead atoms. The minimum atomic E-state index is 0.371. The molecule has 1 heterocycles. The fraction of sp³-hybridized carbons (Fsp3) is 0.333. The highest BCUT2D eigenvalue weighted by Gasteiger charge is 2.14. The molecule has 1 aromatic heterocycles. The predicted octanol–water partition coefficient (Wildman–Crippen LogP) is 5.19. The van der Waals surface area contributed by atoms with Gasteiger partial charge in [-0.3, -0.25) is 0 Å². The normalized spacial score (nSPS) is 11.0. The number of nitrogens with zero attached hydrogens (tertiary/aromatic N) is 2. The van der Waals surface area contributed by atoms with Crippen molar-refractivity contribution in [1.29, 1.82) is 0 Å². The molecular formula is C15H17ClIN3S. The highest BCUT2D eigenvalue weighted by Crippen LogP contribution is 2.30. The second-order valence-corrected chi connectivity index (χ2v) is 7.31. The maximum atomic E-state index is 6.18. The molecule has 3 nitrogen and oxygen atoms in total. The third-order valence-electron chi connectivity index (χ3n) is 2.90. The van der Waals surface area contributed by atoms with Crippen molar-refractivity contribution in [2.24, 2.45) is 0 Å². The number of hydrogen-bond acceptors (Lipinski definition) is 4. The summed E-state index contributed by atoms with van der Waals surface area (Å²) in [6, 6.07) is 7.84. The van der Waals surface area contributed by atoms with Gasteiger partial charge in [-0.1, -0.05) is 37.6 Å². The van der Waals surface area contributed by atoms with E-state index in [1.165, 1.54) is 0 Å². The van der Waals surface area contributed by atoms with Gasteiger partial charge >= 0.3 is 0 Å². The number of benzene rings is 1. The fourth-order valence-corrected chi connectivity index (χ4v) is 4.06. The number of hydrogen-bond donors (Lipinski definition) is 1. The maximum absolute atomic E-state index is 6.18. The van der Waals surface area contributed by atoms with Crippen LogP contribution in [0.1, 0.15) is 31.3 Å². The molecule has 1 aromatic carbocycles. The molecule has 0 saturated heterocycles. The van der Waals surface area contributed by atoms with Crippen LogP contribution in [0.25, 0.3) is 0 Å². The monoisotopic (exact) mass is 433 g/mol. The van der Waals surface area contributed by atoms with Crippen LogP contribution in [-0.4, -0.2) is 17.0 Å². The van der Waals surface area contributed by atoms with Gasteiger partial charge in [-0.15, -0.1) is 11.8 Å². The SMILES string of the molecule is CNc1nc(CSc2ccccc2Cl)nc(C(C)C)c1I. The van der Waals surface area contributed by atoms with Crippen LogP contribution in [0.2, 0.25) is 5.02 Å². The molecule has 0 amide bonds. The third kappa shape index (κ3) is 4.23. The second kappa shape index (κ2) is 7.65. The highest BCUT2D eigenvalue weighted by molar-refractivity contribution is 14.1. The smallest absolute Gasteiger partial charge is 0.143 e. The first kappa shape index (κ1) is 16.8. The van der Waals surface area contributed by atoms with E-state index in [4.69, 9.17) is 16.6 Å². The first-order chi connectivity index (χ1) is 10.0. The Morgan fingerprint density at radius 3 is 2.62 bits per heavy atom. The molecule has 0 unspecified atom stereocenters. The summed E-state index contributed by atoms with van der Waals surface area (Å²) in [6.07, 6.45) is 0. The minimum Gasteiger partial charge on any atom is -0.372 e. The molecule has 6 heteroatoms. The van der Waals surface area contributed by atoms with Crippen molar-refractivity contribution < 1.29 is 0 Å². The largest absolute Gasteiger partial charge is 0.372 e. The van der Waals surface area contributed by atoms with Gasteiger partial charge in [-0.25, -0.2) is 9.97 Å². The summed E-state index contributed by atoms with van der Waals surface area (Å²) in [5.41, 5.74) is 1.09. The molecule has 0 spiro atoms. The summed E-state index contributed by atoms with van der Waals surface area (Å²) in [5, 5.41) is 3.92. The molecule has 0 aliphatic heterocycles. The lowest BCUT2D eigenvalue weighted by molar-refractivity contribution is 0.792. The zero-order valence-electron chi connectivity index (χ0n) is 12.2. The molecule has 2 aromatic rings. The molecule has 0 aliphatic carbocycles. The Hall–Kier alpha value is -0.530. The first-order valence-corrected chi connectivity index (χ1v) is 9.08. The first-order valence-electron chi connectivity index (χ1n) is 6.64. The lowest BCUT2D eigenvalue weighted by Crippen LogP contribution is -2.08. The Kier molecular flexibility index (Phi) is 6.13. The van der Waals surface area contributed by atoms with Crippen molar-refractivity contribution in [2.45, 2.75) is 30.4 Å². The van der Waals surface area contributed by atoms with E-state index in [0.717, 1.165) is 30.8 Å². The zero-order chi connectivity index (χ0) is 15.4. The van der Waals surface area contributed by atoms with Crippen LogP contribution < -0.4 is 5.32 Å². The van der Waals surface area contributed by atoms with Gasteiger partial charge in [0, 0.05) is 11.9 Å². The van der Waals surface area contributed by atoms with Crippen LogP contribution in [-0.2, 0) is 5.75 Å². The van der Waals surface area contributed by atoms with Gasteiger partial charge in [0.2, 0.25) is 0 Å². The van der Waals surface area contributed by atoms with E-state index in [0.29, 0.717) is 11.7 Å². The summed E-state index contributed by atoms with van der Waals surface area (Å²) in [6.45, 7) is 4.30. The van der Waals surface area contributed by atoms with Crippen molar-refractivity contribution in [2.75, 3.05) is 12.4 Å². The molecule has 0 radical (unpaired) electrons. The van der Waals surface area contributed by atoms with E-state index in [9.17, 15) is 0 Å². The standard InChI is InChI=1S/C15H17ClIN3S/c1-9(2)14-13(17)15(18-3)20-12(19-14)8-21-11-7-5-4-6-10(11)16/h4-7,9H,8H2,1-3H3,(H,18,19,20). The van der Waals surface area contributed by atoms with E-state index < -0.39 is 0 Å². The summed E-state index contributed by atoms with van der Waals surface area (Å²) < 4.78 is 1.09. The van der Waals surface area contributed by atoms with E-state index in [1.54, 1.807) is 11.8 Å². The second-order valence-electron chi connectivity index (χ2n) is 4.81. The van der Waals surface area contributed by atoms with Crippen LogP contribution in [0.15, 0.2) is 29.2 Å². The van der Waals surface area contributed by atoms with Crippen LogP contribution in [0.4, 0.5) is 5.82 Å². The van der Waals surface area contributed by atoms with Gasteiger partial charge in [0.1, 0.15) is 11.6 Å². The van der Waals surface area contributed by atoms with Crippen LogP contribution in [0.3, 0.4) is 0 Å². The minimum absolute atomic E-state index is 0.371. The van der Waals surface area contributed by atoms with Crippen molar-refractivity contribution in [1.82, 2.24) is 9.97 Å². The average Bonchev–Trinajstić information content (AvgIpc) is 2.47. The van der Waals surface area contributed by atoms with E-state index >= 15 is 0 Å². The quantitative estimate of drug-likeness (QED) is 0.520.